The lowest BCUT2D eigenvalue weighted by Gasteiger charge is -2.20. The fraction of sp³-hybridized carbons (Fsp3) is 0.286. The Hall–Kier alpha value is -2.35. The summed E-state index contributed by atoms with van der Waals surface area (Å²) in [7, 11) is 3.99. The maximum atomic E-state index is 12.4. The molecule has 1 atom stereocenters. The minimum absolute atomic E-state index is 0.0497. The number of aromatic nitrogens is 3. The first-order chi connectivity index (χ1) is 13.8. The number of benzene rings is 2. The van der Waals surface area contributed by atoms with Gasteiger partial charge >= 0.3 is 0 Å². The van der Waals surface area contributed by atoms with Crippen LogP contribution in [0.15, 0.2) is 53.7 Å². The molecule has 3 rings (SSSR count). The smallest absolute Gasteiger partial charge is 0.234 e. The zero-order valence-electron chi connectivity index (χ0n) is 16.9. The number of thioether (sulfide) groups is 1. The molecule has 0 saturated heterocycles. The Morgan fingerprint density at radius 3 is 2.59 bits per heavy atom. The molecule has 0 radical (unpaired) electrons. The van der Waals surface area contributed by atoms with Gasteiger partial charge in [-0.15, -0.1) is 10.2 Å². The standard InChI is InChI=1S/C21H24ClN5OS/c1-14-6-5-7-17(12-14)23-19(28)13-29-21-25-24-20(15(2)26(3)4)27(21)18-10-8-16(22)9-11-18/h5-12,15H,13H2,1-4H3,(H,23,28). The molecule has 0 bridgehead atoms. The van der Waals surface area contributed by atoms with Gasteiger partial charge in [0.05, 0.1) is 11.8 Å². The summed E-state index contributed by atoms with van der Waals surface area (Å²) in [4.78, 5) is 14.5. The number of aryl methyl sites for hydroxylation is 1. The second-order valence-electron chi connectivity index (χ2n) is 7.00. The van der Waals surface area contributed by atoms with Crippen molar-refractivity contribution in [2.45, 2.75) is 25.0 Å². The highest BCUT2D eigenvalue weighted by Crippen LogP contribution is 2.27. The van der Waals surface area contributed by atoms with Gasteiger partial charge in [0.25, 0.3) is 0 Å². The van der Waals surface area contributed by atoms with Crippen molar-refractivity contribution >= 4 is 35.0 Å². The van der Waals surface area contributed by atoms with Crippen LogP contribution in [0.2, 0.25) is 5.02 Å². The molecule has 3 aromatic rings. The molecule has 1 amide bonds. The van der Waals surface area contributed by atoms with Crippen LogP contribution in [0.3, 0.4) is 0 Å². The quantitative estimate of drug-likeness (QED) is 0.557. The number of anilines is 1. The van der Waals surface area contributed by atoms with Gasteiger partial charge in [0.2, 0.25) is 5.91 Å². The molecule has 1 heterocycles. The summed E-state index contributed by atoms with van der Waals surface area (Å²) >= 11 is 7.40. The molecule has 1 unspecified atom stereocenters. The minimum Gasteiger partial charge on any atom is -0.325 e. The summed E-state index contributed by atoms with van der Waals surface area (Å²) in [5.41, 5.74) is 2.79. The summed E-state index contributed by atoms with van der Waals surface area (Å²) in [6.07, 6.45) is 0. The topological polar surface area (TPSA) is 63.1 Å². The van der Waals surface area contributed by atoms with E-state index in [1.807, 2.05) is 74.1 Å². The Kier molecular flexibility index (Phi) is 6.95. The Bertz CT molecular complexity index is 987. The summed E-state index contributed by atoms with van der Waals surface area (Å²) in [5, 5.41) is 13.0. The van der Waals surface area contributed by atoms with E-state index in [1.165, 1.54) is 11.8 Å². The van der Waals surface area contributed by atoms with Crippen LogP contribution in [0.5, 0.6) is 0 Å². The van der Waals surface area contributed by atoms with E-state index in [4.69, 9.17) is 11.6 Å². The second kappa shape index (κ2) is 9.43. The van der Waals surface area contributed by atoms with Gasteiger partial charge in [-0.1, -0.05) is 35.5 Å². The van der Waals surface area contributed by atoms with Crippen molar-refractivity contribution in [3.8, 4) is 5.69 Å². The van der Waals surface area contributed by atoms with E-state index in [9.17, 15) is 4.79 Å². The van der Waals surface area contributed by atoms with Crippen molar-refractivity contribution < 1.29 is 4.79 Å². The second-order valence-corrected chi connectivity index (χ2v) is 8.38. The number of rotatable bonds is 7. The zero-order valence-corrected chi connectivity index (χ0v) is 18.5. The Morgan fingerprint density at radius 2 is 1.93 bits per heavy atom. The molecule has 0 aliphatic rings. The largest absolute Gasteiger partial charge is 0.325 e. The summed E-state index contributed by atoms with van der Waals surface area (Å²) in [6.45, 7) is 4.06. The average molecular weight is 430 g/mol. The predicted molar refractivity (Wildman–Crippen MR) is 119 cm³/mol. The maximum absolute atomic E-state index is 12.4. The molecule has 0 aliphatic carbocycles. The summed E-state index contributed by atoms with van der Waals surface area (Å²) in [6, 6.07) is 15.3. The number of nitrogens with one attached hydrogen (secondary N) is 1. The number of hydrogen-bond acceptors (Lipinski definition) is 5. The molecule has 0 fully saturated rings. The van der Waals surface area contributed by atoms with Gasteiger partial charge in [0.15, 0.2) is 11.0 Å². The van der Waals surface area contributed by atoms with Gasteiger partial charge in [-0.3, -0.25) is 14.3 Å². The van der Waals surface area contributed by atoms with Gasteiger partial charge in [0.1, 0.15) is 0 Å². The van der Waals surface area contributed by atoms with Gasteiger partial charge in [-0.2, -0.15) is 0 Å². The lowest BCUT2D eigenvalue weighted by Crippen LogP contribution is -2.21. The lowest BCUT2D eigenvalue weighted by molar-refractivity contribution is -0.113. The molecule has 2 aromatic carbocycles. The highest BCUT2D eigenvalue weighted by atomic mass is 35.5. The van der Waals surface area contributed by atoms with Crippen molar-refractivity contribution in [3.05, 3.63) is 64.9 Å². The van der Waals surface area contributed by atoms with Crippen LogP contribution < -0.4 is 5.32 Å². The molecule has 0 saturated carbocycles. The minimum atomic E-state index is -0.0894. The molecule has 1 aromatic heterocycles. The summed E-state index contributed by atoms with van der Waals surface area (Å²) in [5.74, 6) is 0.947. The number of nitrogens with zero attached hydrogens (tertiary/aromatic N) is 4. The first kappa shape index (κ1) is 21.4. The van der Waals surface area contributed by atoms with Crippen LogP contribution in [-0.2, 0) is 4.79 Å². The zero-order chi connectivity index (χ0) is 21.0. The molecule has 0 aliphatic heterocycles. The third kappa shape index (κ3) is 5.38. The lowest BCUT2D eigenvalue weighted by atomic mass is 10.2. The van der Waals surface area contributed by atoms with Crippen molar-refractivity contribution in [1.29, 1.82) is 0 Å². The predicted octanol–water partition coefficient (Wildman–Crippen LogP) is 4.58. The van der Waals surface area contributed by atoms with Gasteiger partial charge < -0.3 is 5.32 Å². The molecule has 8 heteroatoms. The number of carbonyl (C=O) groups excluding carboxylic acids is 1. The van der Waals surface area contributed by atoms with Crippen molar-refractivity contribution in [2.24, 2.45) is 0 Å². The van der Waals surface area contributed by atoms with Crippen LogP contribution in [0.4, 0.5) is 5.69 Å². The first-order valence-electron chi connectivity index (χ1n) is 9.22. The van der Waals surface area contributed by atoms with E-state index >= 15 is 0 Å². The fourth-order valence-corrected chi connectivity index (χ4v) is 3.64. The molecule has 0 spiro atoms. The maximum Gasteiger partial charge on any atom is 0.234 e. The van der Waals surface area contributed by atoms with Crippen molar-refractivity contribution in [3.63, 3.8) is 0 Å². The van der Waals surface area contributed by atoms with E-state index in [0.29, 0.717) is 10.2 Å². The number of carbonyl (C=O) groups is 1. The summed E-state index contributed by atoms with van der Waals surface area (Å²) < 4.78 is 1.98. The van der Waals surface area contributed by atoms with Crippen molar-refractivity contribution in [2.75, 3.05) is 25.2 Å². The Labute approximate surface area is 180 Å². The van der Waals surface area contributed by atoms with Crippen LogP contribution in [-0.4, -0.2) is 45.4 Å². The number of amides is 1. The highest BCUT2D eigenvalue weighted by molar-refractivity contribution is 7.99. The first-order valence-corrected chi connectivity index (χ1v) is 10.6. The van der Waals surface area contributed by atoms with E-state index < -0.39 is 0 Å². The third-order valence-electron chi connectivity index (χ3n) is 4.53. The van der Waals surface area contributed by atoms with Crippen LogP contribution in [0.25, 0.3) is 5.69 Å². The average Bonchev–Trinajstić information content (AvgIpc) is 3.10. The molecule has 6 nitrogen and oxygen atoms in total. The molecule has 152 valence electrons. The van der Waals surface area contributed by atoms with E-state index in [2.05, 4.69) is 27.3 Å². The van der Waals surface area contributed by atoms with E-state index in [-0.39, 0.29) is 17.7 Å². The van der Waals surface area contributed by atoms with Crippen LogP contribution in [0.1, 0.15) is 24.4 Å². The monoisotopic (exact) mass is 429 g/mol. The Balaban J connectivity index is 1.81. The van der Waals surface area contributed by atoms with Gasteiger partial charge in [-0.05, 0) is 69.9 Å². The van der Waals surface area contributed by atoms with Crippen molar-refractivity contribution in [1.82, 2.24) is 19.7 Å². The van der Waals surface area contributed by atoms with E-state index in [1.54, 1.807) is 0 Å². The number of hydrogen-bond donors (Lipinski definition) is 1. The van der Waals surface area contributed by atoms with E-state index in [0.717, 1.165) is 22.8 Å². The van der Waals surface area contributed by atoms with Gasteiger partial charge in [-0.25, -0.2) is 0 Å². The molecule has 29 heavy (non-hydrogen) atoms. The molecular formula is C21H24ClN5OS. The number of halogens is 1. The fourth-order valence-electron chi connectivity index (χ4n) is 2.76. The van der Waals surface area contributed by atoms with Gasteiger partial charge in [0, 0.05) is 16.4 Å². The SMILES string of the molecule is Cc1cccc(NC(=O)CSc2nnc(C(C)N(C)C)n2-c2ccc(Cl)cc2)c1. The highest BCUT2D eigenvalue weighted by Gasteiger charge is 2.21. The van der Waals surface area contributed by atoms with Crippen LogP contribution in [0, 0.1) is 6.92 Å². The Morgan fingerprint density at radius 1 is 1.21 bits per heavy atom. The van der Waals surface area contributed by atoms with Crippen LogP contribution >= 0.6 is 23.4 Å². The normalized spacial score (nSPS) is 12.2. The third-order valence-corrected chi connectivity index (χ3v) is 5.71. The molecule has 1 N–H and O–H groups in total. The molecular weight excluding hydrogens is 406 g/mol.